The van der Waals surface area contributed by atoms with E-state index >= 15 is 0 Å². The summed E-state index contributed by atoms with van der Waals surface area (Å²) in [7, 11) is 0. The van der Waals surface area contributed by atoms with Crippen molar-refractivity contribution in [1.29, 1.82) is 0 Å². The van der Waals surface area contributed by atoms with Crippen molar-refractivity contribution >= 4 is 52.4 Å². The third kappa shape index (κ3) is 7.45. The minimum absolute atomic E-state index is 0.211. The zero-order chi connectivity index (χ0) is 28.9. The second kappa shape index (κ2) is 12.9. The van der Waals surface area contributed by atoms with Crippen LogP contribution in [0.3, 0.4) is 0 Å². The molecule has 12 nitrogen and oxygen atoms in total. The molecule has 1 amide bonds. The van der Waals surface area contributed by atoms with Crippen molar-refractivity contribution in [1.82, 2.24) is 0 Å². The van der Waals surface area contributed by atoms with E-state index in [2.05, 4.69) is 4.99 Å². The number of para-hydroxylation sites is 1. The largest absolute Gasteiger partial charge is 0.463 e. The molecular weight excluding hydrogens is 532 g/mol. The van der Waals surface area contributed by atoms with E-state index < -0.39 is 53.7 Å². The van der Waals surface area contributed by atoms with Gasteiger partial charge in [0, 0.05) is 27.7 Å². The van der Waals surface area contributed by atoms with Crippen LogP contribution in [0.1, 0.15) is 41.5 Å². The van der Waals surface area contributed by atoms with Gasteiger partial charge in [-0.3, -0.25) is 28.9 Å². The first kappa shape index (κ1) is 29.8. The van der Waals surface area contributed by atoms with Crippen molar-refractivity contribution in [2.24, 2.45) is 4.99 Å². The maximum atomic E-state index is 13.3. The van der Waals surface area contributed by atoms with Gasteiger partial charge in [-0.05, 0) is 31.6 Å². The van der Waals surface area contributed by atoms with Crippen molar-refractivity contribution in [3.63, 3.8) is 0 Å². The van der Waals surface area contributed by atoms with Gasteiger partial charge < -0.3 is 23.7 Å². The number of amidine groups is 1. The van der Waals surface area contributed by atoms with Crippen LogP contribution in [0, 0.1) is 0 Å². The van der Waals surface area contributed by atoms with Crippen LogP contribution in [-0.2, 0) is 47.7 Å². The maximum absolute atomic E-state index is 13.3. The fraction of sp³-hybridized carbons (Fsp3) is 0.462. The molecule has 5 atom stereocenters. The molecule has 3 rings (SSSR count). The Kier molecular flexibility index (Phi) is 9.86. The van der Waals surface area contributed by atoms with Gasteiger partial charge in [-0.25, -0.2) is 4.99 Å². The SMILES string of the molecule is CC(=O)OC[C@@H]1O[C@@H](SC2=NC(=C(C)C)C(=O)N2c2ccccc2)[C@@H](OC(C)=O)[C@H](OC(C)=O)[C@@H]1OC(C)=O. The van der Waals surface area contributed by atoms with E-state index in [9.17, 15) is 24.0 Å². The van der Waals surface area contributed by atoms with E-state index in [0.29, 0.717) is 11.3 Å². The van der Waals surface area contributed by atoms with Gasteiger partial charge >= 0.3 is 23.9 Å². The molecule has 0 radical (unpaired) electrons. The van der Waals surface area contributed by atoms with Crippen LogP contribution < -0.4 is 4.90 Å². The Morgan fingerprint density at radius 3 is 1.95 bits per heavy atom. The van der Waals surface area contributed by atoms with Crippen LogP contribution in [0.4, 0.5) is 5.69 Å². The fourth-order valence-electron chi connectivity index (χ4n) is 3.98. The van der Waals surface area contributed by atoms with E-state index in [4.69, 9.17) is 23.7 Å². The molecule has 0 N–H and O–H groups in total. The second-order valence-electron chi connectivity index (χ2n) is 8.90. The Morgan fingerprint density at radius 2 is 1.41 bits per heavy atom. The Balaban J connectivity index is 2.08. The summed E-state index contributed by atoms with van der Waals surface area (Å²) in [5, 5.41) is 0.211. The van der Waals surface area contributed by atoms with Crippen LogP contribution in [0.2, 0.25) is 0 Å². The standard InChI is InChI=1S/C26H30N2O10S/c1-13(2)20-24(33)28(18-10-8-7-9-11-18)26(27-20)39-25-23(37-17(6)32)22(36-16(5)31)21(35-15(4)30)19(38-25)12-34-14(3)29/h7-11,19,21-23,25H,12H2,1-6H3/t19-,21+,22+,23-,25-/m0/s1. The summed E-state index contributed by atoms with van der Waals surface area (Å²) in [6.45, 7) is 7.79. The van der Waals surface area contributed by atoms with Crippen LogP contribution >= 0.6 is 11.8 Å². The van der Waals surface area contributed by atoms with Gasteiger partial charge in [0.1, 0.15) is 18.4 Å². The number of ether oxygens (including phenoxy) is 5. The fourth-order valence-corrected chi connectivity index (χ4v) is 5.17. The highest BCUT2D eigenvalue weighted by molar-refractivity contribution is 8.14. The number of nitrogens with zero attached hydrogens (tertiary/aromatic N) is 2. The number of esters is 4. The third-order valence-electron chi connectivity index (χ3n) is 5.46. The summed E-state index contributed by atoms with van der Waals surface area (Å²) in [4.78, 5) is 66.9. The monoisotopic (exact) mass is 562 g/mol. The van der Waals surface area contributed by atoms with E-state index in [1.807, 2.05) is 0 Å². The van der Waals surface area contributed by atoms with E-state index in [0.717, 1.165) is 32.5 Å². The lowest BCUT2D eigenvalue weighted by molar-refractivity contribution is -0.237. The zero-order valence-electron chi connectivity index (χ0n) is 22.4. The number of hydrogen-bond donors (Lipinski definition) is 0. The summed E-state index contributed by atoms with van der Waals surface area (Å²) in [5.74, 6) is -3.17. The topological polar surface area (TPSA) is 147 Å². The number of anilines is 1. The van der Waals surface area contributed by atoms with Crippen LogP contribution in [0.5, 0.6) is 0 Å². The maximum Gasteiger partial charge on any atom is 0.303 e. The number of allylic oxidation sites excluding steroid dienone is 1. The Morgan fingerprint density at radius 1 is 0.846 bits per heavy atom. The average molecular weight is 563 g/mol. The lowest BCUT2D eigenvalue weighted by atomic mass is 9.99. The van der Waals surface area contributed by atoms with Crippen molar-refractivity contribution in [3.8, 4) is 0 Å². The van der Waals surface area contributed by atoms with Crippen LogP contribution in [0.15, 0.2) is 46.6 Å². The molecule has 0 bridgehead atoms. The molecule has 1 aromatic carbocycles. The number of benzene rings is 1. The van der Waals surface area contributed by atoms with Crippen LogP contribution in [0.25, 0.3) is 0 Å². The molecular formula is C26H30N2O10S. The van der Waals surface area contributed by atoms with Gasteiger partial charge in [-0.15, -0.1) is 0 Å². The highest BCUT2D eigenvalue weighted by atomic mass is 32.2. The molecule has 210 valence electrons. The summed E-state index contributed by atoms with van der Waals surface area (Å²) in [6.07, 6.45) is -5.01. The first-order valence-corrected chi connectivity index (χ1v) is 12.9. The second-order valence-corrected chi connectivity index (χ2v) is 9.97. The molecule has 1 fully saturated rings. The predicted octanol–water partition coefficient (Wildman–Crippen LogP) is 2.50. The summed E-state index contributed by atoms with van der Waals surface area (Å²) < 4.78 is 27.7. The van der Waals surface area contributed by atoms with E-state index in [-0.39, 0.29) is 23.4 Å². The molecule has 2 heterocycles. The van der Waals surface area contributed by atoms with E-state index in [1.165, 1.54) is 11.8 Å². The number of carbonyl (C=O) groups is 5. The quantitative estimate of drug-likeness (QED) is 0.274. The highest BCUT2D eigenvalue weighted by Gasteiger charge is 2.53. The lowest BCUT2D eigenvalue weighted by Crippen LogP contribution is -2.61. The van der Waals surface area contributed by atoms with Gasteiger partial charge in [0.05, 0.1) is 5.69 Å². The summed E-state index contributed by atoms with van der Waals surface area (Å²) >= 11 is 0.945. The lowest BCUT2D eigenvalue weighted by Gasteiger charge is -2.44. The molecule has 2 aliphatic rings. The van der Waals surface area contributed by atoms with Crippen molar-refractivity contribution in [2.75, 3.05) is 11.5 Å². The summed E-state index contributed by atoms with van der Waals surface area (Å²) in [5.41, 5.74) is 0.320. The average Bonchev–Trinajstić information content (AvgIpc) is 3.17. The minimum atomic E-state index is -1.33. The smallest absolute Gasteiger partial charge is 0.303 e. The molecule has 1 aromatic rings. The molecule has 0 aromatic heterocycles. The van der Waals surface area contributed by atoms with Gasteiger partial charge in [-0.2, -0.15) is 0 Å². The molecule has 0 saturated carbocycles. The van der Waals surface area contributed by atoms with E-state index in [1.54, 1.807) is 44.2 Å². The Labute approximate surface area is 229 Å². The Hall–Kier alpha value is -3.71. The number of amides is 1. The number of thioether (sulfide) groups is 1. The predicted molar refractivity (Wildman–Crippen MR) is 139 cm³/mol. The molecule has 1 saturated heterocycles. The number of rotatable bonds is 7. The third-order valence-corrected chi connectivity index (χ3v) is 6.56. The zero-order valence-corrected chi connectivity index (χ0v) is 23.2. The molecule has 0 unspecified atom stereocenters. The number of hydrogen-bond acceptors (Lipinski definition) is 12. The van der Waals surface area contributed by atoms with Gasteiger partial charge in [-0.1, -0.05) is 30.0 Å². The van der Waals surface area contributed by atoms with Crippen molar-refractivity contribution in [2.45, 2.75) is 71.4 Å². The molecule has 39 heavy (non-hydrogen) atoms. The highest BCUT2D eigenvalue weighted by Crippen LogP contribution is 2.38. The Bertz CT molecular complexity index is 1190. The first-order valence-electron chi connectivity index (χ1n) is 12.0. The number of aliphatic imine (C=N–C) groups is 1. The molecule has 13 heteroatoms. The molecule has 2 aliphatic heterocycles. The van der Waals surface area contributed by atoms with Crippen LogP contribution in [-0.4, -0.2) is 71.4 Å². The van der Waals surface area contributed by atoms with Gasteiger partial charge in [0.15, 0.2) is 28.9 Å². The minimum Gasteiger partial charge on any atom is -0.463 e. The summed E-state index contributed by atoms with van der Waals surface area (Å²) in [6, 6.07) is 8.79. The molecule has 0 spiro atoms. The van der Waals surface area contributed by atoms with Gasteiger partial charge in [0.25, 0.3) is 5.91 Å². The van der Waals surface area contributed by atoms with Crippen molar-refractivity contribution < 1.29 is 47.7 Å². The van der Waals surface area contributed by atoms with Gasteiger partial charge in [0.2, 0.25) is 0 Å². The normalized spacial score (nSPS) is 24.5. The van der Waals surface area contributed by atoms with Crippen molar-refractivity contribution in [3.05, 3.63) is 41.6 Å². The molecule has 0 aliphatic carbocycles. The first-order chi connectivity index (χ1) is 18.4. The number of carbonyl (C=O) groups excluding carboxylic acids is 5.